The maximum absolute atomic E-state index is 11.7. The zero-order valence-corrected chi connectivity index (χ0v) is 12.4. The van der Waals surface area contributed by atoms with Gasteiger partial charge in [-0.05, 0) is 23.8 Å². The third-order valence-electron chi connectivity index (χ3n) is 2.72. The lowest BCUT2D eigenvalue weighted by Gasteiger charge is -2.16. The molecule has 0 spiro atoms. The van der Waals surface area contributed by atoms with Crippen LogP contribution in [0.2, 0.25) is 0 Å². The van der Waals surface area contributed by atoms with E-state index in [-0.39, 0.29) is 24.5 Å². The van der Waals surface area contributed by atoms with Crippen molar-refractivity contribution in [2.75, 3.05) is 0 Å². The van der Waals surface area contributed by atoms with Crippen LogP contribution in [0.25, 0.3) is 0 Å². The van der Waals surface area contributed by atoms with E-state index in [1.54, 1.807) is 17.5 Å². The van der Waals surface area contributed by atoms with Crippen LogP contribution in [-0.2, 0) is 9.59 Å². The predicted octanol–water partition coefficient (Wildman–Crippen LogP) is 2.33. The smallest absolute Gasteiger partial charge is 0.326 e. The first-order valence-electron chi connectivity index (χ1n) is 6.49. The SMILES string of the molecule is CC(C)CC(NC(=O)CCC(=O)c1cccs1)C(=O)O. The predicted molar refractivity (Wildman–Crippen MR) is 76.9 cm³/mol. The number of carbonyl (C=O) groups excluding carboxylic acids is 2. The number of rotatable bonds is 8. The minimum Gasteiger partial charge on any atom is -0.480 e. The van der Waals surface area contributed by atoms with Gasteiger partial charge in [0.1, 0.15) is 6.04 Å². The summed E-state index contributed by atoms with van der Waals surface area (Å²) in [6, 6.07) is 2.60. The highest BCUT2D eigenvalue weighted by molar-refractivity contribution is 7.12. The van der Waals surface area contributed by atoms with Crippen molar-refractivity contribution in [3.8, 4) is 0 Å². The summed E-state index contributed by atoms with van der Waals surface area (Å²) in [5, 5.41) is 13.3. The molecule has 1 heterocycles. The van der Waals surface area contributed by atoms with Crippen molar-refractivity contribution >= 4 is 29.0 Å². The van der Waals surface area contributed by atoms with E-state index < -0.39 is 17.9 Å². The second-order valence-electron chi connectivity index (χ2n) is 4.99. The van der Waals surface area contributed by atoms with Crippen molar-refractivity contribution in [3.63, 3.8) is 0 Å². The van der Waals surface area contributed by atoms with Gasteiger partial charge in [-0.15, -0.1) is 11.3 Å². The molecular formula is C14H19NO4S. The van der Waals surface area contributed by atoms with Gasteiger partial charge in [-0.2, -0.15) is 0 Å². The van der Waals surface area contributed by atoms with Crippen molar-refractivity contribution in [1.82, 2.24) is 5.32 Å². The van der Waals surface area contributed by atoms with E-state index in [9.17, 15) is 14.4 Å². The van der Waals surface area contributed by atoms with Gasteiger partial charge in [0.2, 0.25) is 5.91 Å². The molecule has 1 atom stereocenters. The van der Waals surface area contributed by atoms with Crippen LogP contribution in [0.4, 0.5) is 0 Å². The van der Waals surface area contributed by atoms with Crippen LogP contribution < -0.4 is 5.32 Å². The molecule has 0 radical (unpaired) electrons. The second kappa shape index (κ2) is 7.79. The maximum atomic E-state index is 11.7. The number of carboxylic acid groups (broad SMARTS) is 1. The molecule has 0 bridgehead atoms. The molecule has 20 heavy (non-hydrogen) atoms. The Labute approximate surface area is 122 Å². The monoisotopic (exact) mass is 297 g/mol. The maximum Gasteiger partial charge on any atom is 0.326 e. The molecule has 110 valence electrons. The van der Waals surface area contributed by atoms with Crippen LogP contribution in [0.5, 0.6) is 0 Å². The summed E-state index contributed by atoms with van der Waals surface area (Å²) in [6.07, 6.45) is 0.485. The van der Waals surface area contributed by atoms with Gasteiger partial charge in [-0.25, -0.2) is 4.79 Å². The van der Waals surface area contributed by atoms with Crippen LogP contribution in [0.1, 0.15) is 42.8 Å². The number of hydrogen-bond acceptors (Lipinski definition) is 4. The average molecular weight is 297 g/mol. The standard InChI is InChI=1S/C14H19NO4S/c1-9(2)8-10(14(18)19)15-13(17)6-5-11(16)12-4-3-7-20-12/h3-4,7,9-10H,5-6,8H2,1-2H3,(H,15,17)(H,18,19). The topological polar surface area (TPSA) is 83.5 Å². The van der Waals surface area contributed by atoms with Gasteiger partial charge in [0, 0.05) is 12.8 Å². The summed E-state index contributed by atoms with van der Waals surface area (Å²) >= 11 is 1.33. The number of ketones is 1. The van der Waals surface area contributed by atoms with Crippen LogP contribution in [0.15, 0.2) is 17.5 Å². The Bertz CT molecular complexity index is 468. The quantitative estimate of drug-likeness (QED) is 0.721. The number of carboxylic acids is 1. The molecule has 0 aliphatic heterocycles. The Morgan fingerprint density at radius 1 is 1.30 bits per heavy atom. The molecule has 0 saturated carbocycles. The summed E-state index contributed by atoms with van der Waals surface area (Å²) < 4.78 is 0. The van der Waals surface area contributed by atoms with Crippen LogP contribution in [-0.4, -0.2) is 28.8 Å². The molecule has 1 rings (SSSR count). The van der Waals surface area contributed by atoms with Gasteiger partial charge < -0.3 is 10.4 Å². The number of nitrogens with one attached hydrogen (secondary N) is 1. The molecule has 0 aliphatic rings. The summed E-state index contributed by atoms with van der Waals surface area (Å²) in [7, 11) is 0. The fraction of sp³-hybridized carbons (Fsp3) is 0.500. The van der Waals surface area contributed by atoms with E-state index in [0.29, 0.717) is 11.3 Å². The highest BCUT2D eigenvalue weighted by Crippen LogP contribution is 2.12. The summed E-state index contributed by atoms with van der Waals surface area (Å²) in [5.74, 6) is -1.37. The first-order chi connectivity index (χ1) is 9.40. The van der Waals surface area contributed by atoms with Gasteiger partial charge in [0.05, 0.1) is 4.88 Å². The fourth-order valence-electron chi connectivity index (χ4n) is 1.75. The lowest BCUT2D eigenvalue weighted by molar-refractivity contribution is -0.142. The largest absolute Gasteiger partial charge is 0.480 e. The average Bonchev–Trinajstić information content (AvgIpc) is 2.88. The number of thiophene rings is 1. The van der Waals surface area contributed by atoms with Crippen molar-refractivity contribution in [1.29, 1.82) is 0 Å². The van der Waals surface area contributed by atoms with E-state index >= 15 is 0 Å². The molecule has 0 fully saturated rings. The van der Waals surface area contributed by atoms with E-state index in [4.69, 9.17) is 5.11 Å². The van der Waals surface area contributed by atoms with E-state index in [2.05, 4.69) is 5.32 Å². The molecule has 0 saturated heterocycles. The third kappa shape index (κ3) is 5.52. The van der Waals surface area contributed by atoms with Crippen LogP contribution in [0.3, 0.4) is 0 Å². The molecule has 1 aromatic rings. The zero-order chi connectivity index (χ0) is 15.1. The van der Waals surface area contributed by atoms with Crippen molar-refractivity contribution in [2.24, 2.45) is 5.92 Å². The summed E-state index contributed by atoms with van der Waals surface area (Å²) in [5.41, 5.74) is 0. The van der Waals surface area contributed by atoms with Crippen LogP contribution in [0, 0.1) is 5.92 Å². The van der Waals surface area contributed by atoms with E-state index in [1.807, 2.05) is 13.8 Å². The van der Waals surface area contributed by atoms with Gasteiger partial charge in [0.25, 0.3) is 0 Å². The minimum atomic E-state index is -1.04. The molecular weight excluding hydrogens is 278 g/mol. The summed E-state index contributed by atoms with van der Waals surface area (Å²) in [6.45, 7) is 3.78. The van der Waals surface area contributed by atoms with Crippen LogP contribution >= 0.6 is 11.3 Å². The Balaban J connectivity index is 2.42. The molecule has 1 unspecified atom stereocenters. The number of aliphatic carboxylic acids is 1. The van der Waals surface area contributed by atoms with Gasteiger partial charge in [0.15, 0.2) is 5.78 Å². The second-order valence-corrected chi connectivity index (χ2v) is 5.94. The van der Waals surface area contributed by atoms with Gasteiger partial charge in [-0.1, -0.05) is 19.9 Å². The zero-order valence-electron chi connectivity index (χ0n) is 11.6. The Morgan fingerprint density at radius 3 is 2.50 bits per heavy atom. The van der Waals surface area contributed by atoms with E-state index in [1.165, 1.54) is 11.3 Å². The van der Waals surface area contributed by atoms with Gasteiger partial charge >= 0.3 is 5.97 Å². The Hall–Kier alpha value is -1.69. The molecule has 6 heteroatoms. The van der Waals surface area contributed by atoms with Gasteiger partial charge in [-0.3, -0.25) is 9.59 Å². The molecule has 1 amide bonds. The molecule has 0 aromatic carbocycles. The normalized spacial score (nSPS) is 12.2. The highest BCUT2D eigenvalue weighted by Gasteiger charge is 2.21. The number of amides is 1. The lowest BCUT2D eigenvalue weighted by atomic mass is 10.0. The Kier molecular flexibility index (Phi) is 6.38. The number of Topliss-reactive ketones (excluding diaryl/α,β-unsaturated/α-hetero) is 1. The first-order valence-corrected chi connectivity index (χ1v) is 7.37. The molecule has 5 nitrogen and oxygen atoms in total. The van der Waals surface area contributed by atoms with E-state index in [0.717, 1.165) is 0 Å². The fourth-order valence-corrected chi connectivity index (χ4v) is 2.44. The van der Waals surface area contributed by atoms with Crippen molar-refractivity contribution in [2.45, 2.75) is 39.2 Å². The van der Waals surface area contributed by atoms with Crippen molar-refractivity contribution < 1.29 is 19.5 Å². The highest BCUT2D eigenvalue weighted by atomic mass is 32.1. The summed E-state index contributed by atoms with van der Waals surface area (Å²) in [4.78, 5) is 35.0. The minimum absolute atomic E-state index is 0.0125. The van der Waals surface area contributed by atoms with Crippen molar-refractivity contribution in [3.05, 3.63) is 22.4 Å². The third-order valence-corrected chi connectivity index (χ3v) is 3.63. The first kappa shape index (κ1) is 16.4. The molecule has 1 aromatic heterocycles. The number of hydrogen-bond donors (Lipinski definition) is 2. The number of carbonyl (C=O) groups is 3. The molecule has 0 aliphatic carbocycles. The molecule has 2 N–H and O–H groups in total. The Morgan fingerprint density at radius 2 is 2.00 bits per heavy atom. The lowest BCUT2D eigenvalue weighted by Crippen LogP contribution is -2.41.